The third-order valence-corrected chi connectivity index (χ3v) is 11.8. The summed E-state index contributed by atoms with van der Waals surface area (Å²) >= 11 is 1.64. The third kappa shape index (κ3) is 5.81. The Morgan fingerprint density at radius 3 is 2.67 bits per heavy atom. The highest BCUT2D eigenvalue weighted by atomic mass is 32.2. The number of anilines is 1. The molecule has 0 bridgehead atoms. The van der Waals surface area contributed by atoms with Crippen molar-refractivity contribution in [2.45, 2.75) is 63.8 Å². The SMILES string of the molecule is CSCOC1C[C@H](n2cnc3c(NC(=O)c4ccccc4)ncnc32)O[C@@H]1CO[Si](C)(C)C(C)(C)C. The van der Waals surface area contributed by atoms with Crippen LogP contribution in [-0.4, -0.2) is 64.8 Å². The third-order valence-electron chi connectivity index (χ3n) is 6.93. The number of thioether (sulfide) groups is 1. The van der Waals surface area contributed by atoms with Crippen LogP contribution in [0.4, 0.5) is 5.82 Å². The monoisotopic (exact) mass is 529 g/mol. The second-order valence-electron chi connectivity index (χ2n) is 10.4. The Bertz CT molecular complexity index is 1180. The fourth-order valence-electron chi connectivity index (χ4n) is 3.78. The smallest absolute Gasteiger partial charge is 0.256 e. The lowest BCUT2D eigenvalue weighted by molar-refractivity contribution is -0.0507. The summed E-state index contributed by atoms with van der Waals surface area (Å²) in [6, 6.07) is 9.00. The second-order valence-corrected chi connectivity index (χ2v) is 16.0. The summed E-state index contributed by atoms with van der Waals surface area (Å²) in [4.78, 5) is 25.9. The number of nitrogens with zero attached hydrogens (tertiary/aromatic N) is 4. The van der Waals surface area contributed by atoms with Crippen LogP contribution in [0.2, 0.25) is 18.1 Å². The van der Waals surface area contributed by atoms with E-state index in [0.29, 0.717) is 41.5 Å². The number of benzene rings is 1. The summed E-state index contributed by atoms with van der Waals surface area (Å²) < 4.78 is 21.0. The molecular weight excluding hydrogens is 494 g/mol. The molecule has 1 fully saturated rings. The predicted molar refractivity (Wildman–Crippen MR) is 145 cm³/mol. The zero-order chi connectivity index (χ0) is 25.9. The van der Waals surface area contributed by atoms with Crippen molar-refractivity contribution in [2.24, 2.45) is 0 Å². The highest BCUT2D eigenvalue weighted by Crippen LogP contribution is 2.39. The summed E-state index contributed by atoms with van der Waals surface area (Å²) in [7, 11) is -1.94. The minimum atomic E-state index is -1.94. The quantitative estimate of drug-likeness (QED) is 0.302. The molecule has 4 rings (SSSR count). The number of amides is 1. The van der Waals surface area contributed by atoms with Gasteiger partial charge in [-0.25, -0.2) is 15.0 Å². The summed E-state index contributed by atoms with van der Waals surface area (Å²) in [5.41, 5.74) is 1.64. The van der Waals surface area contributed by atoms with Crippen LogP contribution >= 0.6 is 11.8 Å². The number of ether oxygens (including phenoxy) is 2. The Balaban J connectivity index is 1.53. The number of aromatic nitrogens is 4. The molecule has 0 aliphatic carbocycles. The molecule has 2 aromatic heterocycles. The maximum absolute atomic E-state index is 12.7. The zero-order valence-corrected chi connectivity index (χ0v) is 23.5. The van der Waals surface area contributed by atoms with Gasteiger partial charge < -0.3 is 19.2 Å². The second kappa shape index (κ2) is 11.0. The average Bonchev–Trinajstić information content (AvgIpc) is 3.46. The number of hydrogen-bond donors (Lipinski definition) is 1. The molecule has 36 heavy (non-hydrogen) atoms. The van der Waals surface area contributed by atoms with Gasteiger partial charge in [0.15, 0.2) is 25.3 Å². The average molecular weight is 530 g/mol. The Morgan fingerprint density at radius 1 is 1.22 bits per heavy atom. The Kier molecular flexibility index (Phi) is 8.15. The van der Waals surface area contributed by atoms with Crippen LogP contribution in [0.3, 0.4) is 0 Å². The van der Waals surface area contributed by atoms with Crippen LogP contribution in [0.15, 0.2) is 43.0 Å². The number of imidazole rings is 1. The van der Waals surface area contributed by atoms with Gasteiger partial charge in [0.25, 0.3) is 5.91 Å². The molecule has 0 radical (unpaired) electrons. The first-order valence-electron chi connectivity index (χ1n) is 12.0. The minimum absolute atomic E-state index is 0.108. The number of carbonyl (C=O) groups is 1. The van der Waals surface area contributed by atoms with E-state index in [-0.39, 0.29) is 29.4 Å². The number of fused-ring (bicyclic) bond motifs is 1. The Morgan fingerprint density at radius 2 is 1.97 bits per heavy atom. The van der Waals surface area contributed by atoms with Crippen LogP contribution in [0.1, 0.15) is 43.8 Å². The normalized spacial score (nSPS) is 20.7. The molecule has 9 nitrogen and oxygen atoms in total. The van der Waals surface area contributed by atoms with E-state index >= 15 is 0 Å². The number of hydrogen-bond acceptors (Lipinski definition) is 8. The topological polar surface area (TPSA) is 100 Å². The highest BCUT2D eigenvalue weighted by molar-refractivity contribution is 7.98. The van der Waals surface area contributed by atoms with Crippen molar-refractivity contribution < 1.29 is 18.7 Å². The Labute approximate surface area is 217 Å². The van der Waals surface area contributed by atoms with Gasteiger partial charge in [-0.3, -0.25) is 9.36 Å². The number of nitrogens with one attached hydrogen (secondary N) is 1. The maximum Gasteiger partial charge on any atom is 0.256 e. The lowest BCUT2D eigenvalue weighted by atomic mass is 10.2. The van der Waals surface area contributed by atoms with E-state index in [9.17, 15) is 4.79 Å². The van der Waals surface area contributed by atoms with Crippen molar-refractivity contribution in [1.29, 1.82) is 0 Å². The molecule has 3 heterocycles. The van der Waals surface area contributed by atoms with Gasteiger partial charge in [-0.15, -0.1) is 11.8 Å². The van der Waals surface area contributed by atoms with Gasteiger partial charge in [-0.1, -0.05) is 39.0 Å². The van der Waals surface area contributed by atoms with E-state index < -0.39 is 8.32 Å². The first kappa shape index (κ1) is 26.7. The maximum atomic E-state index is 12.7. The number of carbonyl (C=O) groups excluding carboxylic acids is 1. The molecule has 1 aliphatic heterocycles. The molecule has 3 atom stereocenters. The summed E-state index contributed by atoms with van der Waals surface area (Å²) in [5.74, 6) is 0.689. The van der Waals surface area contributed by atoms with Crippen molar-refractivity contribution in [1.82, 2.24) is 19.5 Å². The van der Waals surface area contributed by atoms with Crippen LogP contribution in [-0.2, 0) is 13.9 Å². The van der Waals surface area contributed by atoms with E-state index in [1.54, 1.807) is 30.2 Å². The van der Waals surface area contributed by atoms with Gasteiger partial charge in [0.2, 0.25) is 0 Å². The molecule has 1 aromatic carbocycles. The highest BCUT2D eigenvalue weighted by Gasteiger charge is 2.42. The van der Waals surface area contributed by atoms with E-state index in [0.717, 1.165) is 0 Å². The van der Waals surface area contributed by atoms with Gasteiger partial charge >= 0.3 is 0 Å². The van der Waals surface area contributed by atoms with Gasteiger partial charge in [0.1, 0.15) is 18.7 Å². The van der Waals surface area contributed by atoms with Crippen LogP contribution in [0.5, 0.6) is 0 Å². The van der Waals surface area contributed by atoms with E-state index in [1.165, 1.54) is 6.33 Å². The number of rotatable bonds is 9. The molecule has 1 amide bonds. The first-order chi connectivity index (χ1) is 17.1. The van der Waals surface area contributed by atoms with Crippen molar-refractivity contribution in [2.75, 3.05) is 24.1 Å². The molecule has 1 saturated heterocycles. The van der Waals surface area contributed by atoms with Gasteiger partial charge in [0.05, 0.1) is 25.0 Å². The molecular formula is C25H35N5O4SSi. The molecule has 0 saturated carbocycles. The van der Waals surface area contributed by atoms with Crippen LogP contribution < -0.4 is 5.32 Å². The molecule has 1 N–H and O–H groups in total. The fraction of sp³-hybridized carbons (Fsp3) is 0.520. The summed E-state index contributed by atoms with van der Waals surface area (Å²) in [5, 5.41) is 2.96. The molecule has 3 aromatic rings. The molecule has 0 spiro atoms. The van der Waals surface area contributed by atoms with E-state index in [2.05, 4.69) is 54.1 Å². The fourth-order valence-corrected chi connectivity index (χ4v) is 5.11. The van der Waals surface area contributed by atoms with Crippen molar-refractivity contribution in [3.8, 4) is 0 Å². The van der Waals surface area contributed by atoms with Crippen molar-refractivity contribution in [3.63, 3.8) is 0 Å². The van der Waals surface area contributed by atoms with Gasteiger partial charge in [0, 0.05) is 12.0 Å². The summed E-state index contributed by atoms with van der Waals surface area (Å²) in [6.45, 7) is 11.6. The van der Waals surface area contributed by atoms with Gasteiger partial charge in [-0.05, 0) is 36.5 Å². The van der Waals surface area contributed by atoms with E-state index in [4.69, 9.17) is 13.9 Å². The largest absolute Gasteiger partial charge is 0.414 e. The minimum Gasteiger partial charge on any atom is -0.414 e. The van der Waals surface area contributed by atoms with Crippen molar-refractivity contribution in [3.05, 3.63) is 48.5 Å². The van der Waals surface area contributed by atoms with E-state index in [1.807, 2.05) is 29.0 Å². The molecule has 11 heteroatoms. The van der Waals surface area contributed by atoms with Crippen LogP contribution in [0.25, 0.3) is 11.2 Å². The lowest BCUT2D eigenvalue weighted by Crippen LogP contribution is -2.44. The summed E-state index contributed by atoms with van der Waals surface area (Å²) in [6.07, 6.45) is 5.15. The lowest BCUT2D eigenvalue weighted by Gasteiger charge is -2.37. The molecule has 1 unspecified atom stereocenters. The van der Waals surface area contributed by atoms with Gasteiger partial charge in [-0.2, -0.15) is 0 Å². The van der Waals surface area contributed by atoms with Crippen molar-refractivity contribution >= 4 is 43.0 Å². The molecule has 194 valence electrons. The van der Waals surface area contributed by atoms with Crippen LogP contribution in [0, 0.1) is 0 Å². The molecule has 1 aliphatic rings. The zero-order valence-electron chi connectivity index (χ0n) is 21.7. The first-order valence-corrected chi connectivity index (χ1v) is 16.3. The standard InChI is InChI=1S/C25H35N5O4SSi/c1-25(2,3)36(5,6)33-13-19-18(32-16-35-4)12-20(34-19)30-15-28-21-22(26-14-27-23(21)30)29-24(31)17-10-8-7-9-11-17/h7-11,14-15,18-20H,12-13,16H2,1-6H3,(H,26,27,29,31)/t18?,19-,20-/m1/s1. The Hall–Kier alpha value is -2.31. The predicted octanol–water partition coefficient (Wildman–Crippen LogP) is 5.09.